The maximum absolute atomic E-state index is 12.5. The summed E-state index contributed by atoms with van der Waals surface area (Å²) in [5, 5.41) is 2.56. The first-order valence-corrected chi connectivity index (χ1v) is 8.55. The molecule has 1 aliphatic rings. The summed E-state index contributed by atoms with van der Waals surface area (Å²) in [6.07, 6.45) is 0. The number of nitrogens with zero attached hydrogens (tertiary/aromatic N) is 1. The molecule has 0 aromatic carbocycles. The van der Waals surface area contributed by atoms with E-state index in [2.05, 4.69) is 26.0 Å². The molecule has 110 valence electrons. The largest absolute Gasteiger partial charge is 0.465 e. The summed E-state index contributed by atoms with van der Waals surface area (Å²) < 4.78 is 30.8. The predicted octanol–water partition coefficient (Wildman–Crippen LogP) is 0.418. The number of methoxy groups -OCH3 is 1. The Morgan fingerprint density at radius 2 is 2.25 bits per heavy atom. The Morgan fingerprint density at radius 3 is 2.85 bits per heavy atom. The fourth-order valence-corrected chi connectivity index (χ4v) is 5.77. The van der Waals surface area contributed by atoms with Crippen LogP contribution in [0.3, 0.4) is 0 Å². The van der Waals surface area contributed by atoms with Gasteiger partial charge in [0.2, 0.25) is 5.91 Å². The van der Waals surface area contributed by atoms with Crippen LogP contribution in [0.25, 0.3) is 0 Å². The van der Waals surface area contributed by atoms with Crippen molar-refractivity contribution in [1.82, 2.24) is 9.62 Å². The quantitative estimate of drug-likeness (QED) is 0.764. The van der Waals surface area contributed by atoms with E-state index in [1.54, 1.807) is 0 Å². The Labute approximate surface area is 128 Å². The van der Waals surface area contributed by atoms with E-state index in [9.17, 15) is 18.0 Å². The number of nitrogens with one attached hydrogen (secondary N) is 1. The second-order valence-electron chi connectivity index (χ2n) is 3.93. The van der Waals surface area contributed by atoms with Gasteiger partial charge in [0.05, 0.1) is 13.7 Å². The van der Waals surface area contributed by atoms with E-state index in [1.807, 2.05) is 0 Å². The van der Waals surface area contributed by atoms with Crippen LogP contribution in [0.4, 0.5) is 0 Å². The Morgan fingerprint density at radius 1 is 1.55 bits per heavy atom. The maximum atomic E-state index is 12.5. The Bertz CT molecular complexity index is 655. The van der Waals surface area contributed by atoms with Crippen LogP contribution in [-0.2, 0) is 19.6 Å². The second kappa shape index (κ2) is 5.80. The van der Waals surface area contributed by atoms with Gasteiger partial charge in [-0.05, 0) is 22.0 Å². The van der Waals surface area contributed by atoms with Crippen LogP contribution in [0.1, 0.15) is 9.67 Å². The van der Waals surface area contributed by atoms with Crippen LogP contribution in [0.5, 0.6) is 0 Å². The average Bonchev–Trinajstić information content (AvgIpc) is 2.80. The van der Waals surface area contributed by atoms with Crippen molar-refractivity contribution < 1.29 is 22.7 Å². The molecule has 0 aliphatic carbocycles. The summed E-state index contributed by atoms with van der Waals surface area (Å²) in [5.41, 5.74) is 0. The van der Waals surface area contributed by atoms with E-state index in [0.29, 0.717) is 0 Å². The summed E-state index contributed by atoms with van der Waals surface area (Å²) in [6, 6.07) is 1.40. The van der Waals surface area contributed by atoms with Crippen molar-refractivity contribution >= 4 is 49.2 Å². The Balaban J connectivity index is 2.36. The van der Waals surface area contributed by atoms with Crippen molar-refractivity contribution in [3.05, 3.63) is 15.4 Å². The summed E-state index contributed by atoms with van der Waals surface area (Å²) in [4.78, 5) is 22.9. The van der Waals surface area contributed by atoms with Crippen LogP contribution in [0, 0.1) is 0 Å². The van der Waals surface area contributed by atoms with Crippen molar-refractivity contribution in [3.8, 4) is 0 Å². The molecule has 0 unspecified atom stereocenters. The molecule has 2 rings (SSSR count). The van der Waals surface area contributed by atoms with E-state index in [1.165, 1.54) is 13.2 Å². The number of ether oxygens (including phenoxy) is 1. The minimum Gasteiger partial charge on any atom is -0.465 e. The SMILES string of the molecule is COC(=O)c1cc(Br)c(S(=O)(=O)N2CCNC(=O)C2)s1. The van der Waals surface area contributed by atoms with Gasteiger partial charge in [-0.3, -0.25) is 4.79 Å². The normalized spacial score (nSPS) is 16.8. The third kappa shape index (κ3) is 2.87. The van der Waals surface area contributed by atoms with Gasteiger partial charge in [-0.1, -0.05) is 0 Å². The molecule has 0 saturated carbocycles. The monoisotopic (exact) mass is 382 g/mol. The lowest BCUT2D eigenvalue weighted by atomic mass is 10.4. The summed E-state index contributed by atoms with van der Waals surface area (Å²) in [5.74, 6) is -0.950. The van der Waals surface area contributed by atoms with Crippen LogP contribution in [0.2, 0.25) is 0 Å². The number of rotatable bonds is 3. The lowest BCUT2D eigenvalue weighted by Gasteiger charge is -2.25. The molecule has 7 nitrogen and oxygen atoms in total. The summed E-state index contributed by atoms with van der Waals surface area (Å²) >= 11 is 3.94. The van der Waals surface area contributed by atoms with Crippen LogP contribution < -0.4 is 5.32 Å². The maximum Gasteiger partial charge on any atom is 0.348 e. The van der Waals surface area contributed by atoms with E-state index in [-0.39, 0.29) is 39.1 Å². The molecular formula is C10H11BrN2O5S2. The summed E-state index contributed by atoms with van der Waals surface area (Å²) in [7, 11) is -2.59. The van der Waals surface area contributed by atoms with Gasteiger partial charge in [0.25, 0.3) is 10.0 Å². The lowest BCUT2D eigenvalue weighted by Crippen LogP contribution is -2.49. The molecule has 1 aromatic heterocycles. The molecule has 1 aliphatic heterocycles. The highest BCUT2D eigenvalue weighted by molar-refractivity contribution is 9.10. The lowest BCUT2D eigenvalue weighted by molar-refractivity contribution is -0.122. The summed E-state index contributed by atoms with van der Waals surface area (Å²) in [6.45, 7) is 0.247. The molecule has 0 radical (unpaired) electrons. The van der Waals surface area contributed by atoms with Gasteiger partial charge in [0.15, 0.2) is 0 Å². The van der Waals surface area contributed by atoms with Crippen molar-refractivity contribution in [3.63, 3.8) is 0 Å². The van der Waals surface area contributed by atoms with Crippen molar-refractivity contribution in [1.29, 1.82) is 0 Å². The molecular weight excluding hydrogens is 372 g/mol. The van der Waals surface area contributed by atoms with Gasteiger partial charge in [-0.25, -0.2) is 13.2 Å². The molecule has 10 heteroatoms. The van der Waals surface area contributed by atoms with E-state index in [4.69, 9.17) is 0 Å². The van der Waals surface area contributed by atoms with Gasteiger partial charge >= 0.3 is 5.97 Å². The molecule has 1 amide bonds. The highest BCUT2D eigenvalue weighted by Gasteiger charge is 2.33. The molecule has 0 spiro atoms. The van der Waals surface area contributed by atoms with Crippen LogP contribution >= 0.6 is 27.3 Å². The number of hydrogen-bond donors (Lipinski definition) is 1. The number of carbonyl (C=O) groups is 2. The predicted molar refractivity (Wildman–Crippen MR) is 75.1 cm³/mol. The van der Waals surface area contributed by atoms with E-state index >= 15 is 0 Å². The van der Waals surface area contributed by atoms with Gasteiger partial charge in [0, 0.05) is 17.6 Å². The number of esters is 1. The number of sulfonamides is 1. The molecule has 0 atom stereocenters. The standard InChI is InChI=1S/C10H11BrN2O5S2/c1-18-9(15)7-4-6(11)10(19-7)20(16,17)13-3-2-12-8(14)5-13/h4H,2-3,5H2,1H3,(H,12,14). The zero-order valence-corrected chi connectivity index (χ0v) is 13.6. The zero-order valence-electron chi connectivity index (χ0n) is 10.4. The minimum atomic E-state index is -3.81. The Hall–Kier alpha value is -0.970. The first-order chi connectivity index (χ1) is 9.36. The number of piperazine rings is 1. The highest BCUT2D eigenvalue weighted by Crippen LogP contribution is 2.34. The fraction of sp³-hybridized carbons (Fsp3) is 0.400. The van der Waals surface area contributed by atoms with Crippen molar-refractivity contribution in [2.75, 3.05) is 26.7 Å². The van der Waals surface area contributed by atoms with Crippen molar-refractivity contribution in [2.45, 2.75) is 4.21 Å². The van der Waals surface area contributed by atoms with Gasteiger partial charge in [0.1, 0.15) is 9.09 Å². The third-order valence-electron chi connectivity index (χ3n) is 2.62. The molecule has 1 fully saturated rings. The zero-order chi connectivity index (χ0) is 14.9. The van der Waals surface area contributed by atoms with Crippen LogP contribution in [-0.4, -0.2) is 51.3 Å². The molecule has 1 saturated heterocycles. The molecule has 1 aromatic rings. The smallest absolute Gasteiger partial charge is 0.348 e. The van der Waals surface area contributed by atoms with Gasteiger partial charge < -0.3 is 10.1 Å². The van der Waals surface area contributed by atoms with Crippen LogP contribution in [0.15, 0.2) is 14.7 Å². The van der Waals surface area contributed by atoms with E-state index in [0.717, 1.165) is 15.6 Å². The minimum absolute atomic E-state index is 0.00685. The van der Waals surface area contributed by atoms with E-state index < -0.39 is 16.0 Å². The average molecular weight is 383 g/mol. The van der Waals surface area contributed by atoms with Gasteiger partial charge in [-0.2, -0.15) is 4.31 Å². The number of hydrogen-bond acceptors (Lipinski definition) is 6. The van der Waals surface area contributed by atoms with Gasteiger partial charge in [-0.15, -0.1) is 11.3 Å². The van der Waals surface area contributed by atoms with Crippen molar-refractivity contribution in [2.24, 2.45) is 0 Å². The number of carbonyl (C=O) groups excluding carboxylic acids is 2. The number of halogens is 1. The Kier molecular flexibility index (Phi) is 4.47. The fourth-order valence-electron chi connectivity index (χ4n) is 1.67. The molecule has 0 bridgehead atoms. The molecule has 1 N–H and O–H groups in total. The molecule has 2 heterocycles. The third-order valence-corrected chi connectivity index (χ3v) is 7.24. The topological polar surface area (TPSA) is 92.8 Å². The highest BCUT2D eigenvalue weighted by atomic mass is 79.9. The second-order valence-corrected chi connectivity index (χ2v) is 7.97. The first-order valence-electron chi connectivity index (χ1n) is 5.50. The molecule has 20 heavy (non-hydrogen) atoms. The first kappa shape index (κ1) is 15.4. The number of amides is 1. The number of thiophene rings is 1.